The van der Waals surface area contributed by atoms with E-state index in [4.69, 9.17) is 5.11 Å². The first-order valence-electron chi connectivity index (χ1n) is 11.1. The summed E-state index contributed by atoms with van der Waals surface area (Å²) in [6, 6.07) is 0. The van der Waals surface area contributed by atoms with Crippen molar-refractivity contribution in [1.82, 2.24) is 0 Å². The molecule has 0 aromatic heterocycles. The average Bonchev–Trinajstić information content (AvgIpc) is 2.62. The Bertz CT molecular complexity index is 520. The van der Waals surface area contributed by atoms with E-state index >= 15 is 0 Å². The monoisotopic (exact) mass is 376 g/mol. The van der Waals surface area contributed by atoms with Gasteiger partial charge in [0, 0.05) is 6.42 Å². The van der Waals surface area contributed by atoms with Gasteiger partial charge in [0.1, 0.15) is 0 Å². The number of rotatable bonds is 12. The summed E-state index contributed by atoms with van der Waals surface area (Å²) in [6.07, 6.45) is 18.4. The minimum absolute atomic E-state index is 0.256. The molecule has 0 heterocycles. The first-order chi connectivity index (χ1) is 12.9. The van der Waals surface area contributed by atoms with Gasteiger partial charge in [0.15, 0.2) is 0 Å². The van der Waals surface area contributed by atoms with Crippen LogP contribution in [0.3, 0.4) is 0 Å². The smallest absolute Gasteiger partial charge is 0.303 e. The lowest BCUT2D eigenvalue weighted by Gasteiger charge is -2.62. The Morgan fingerprint density at radius 2 is 1.96 bits per heavy atom. The fourth-order valence-electron chi connectivity index (χ4n) is 5.26. The number of carbonyl (C=O) groups is 1. The van der Waals surface area contributed by atoms with Crippen molar-refractivity contribution in [2.45, 2.75) is 91.1 Å². The van der Waals surface area contributed by atoms with Crippen molar-refractivity contribution < 1.29 is 15.0 Å². The summed E-state index contributed by atoms with van der Waals surface area (Å²) >= 11 is 0. The van der Waals surface area contributed by atoms with Crippen LogP contribution in [0.5, 0.6) is 0 Å². The Morgan fingerprint density at radius 3 is 2.63 bits per heavy atom. The van der Waals surface area contributed by atoms with Crippen molar-refractivity contribution in [3.8, 4) is 0 Å². The topological polar surface area (TPSA) is 57.5 Å². The van der Waals surface area contributed by atoms with Crippen LogP contribution in [0.2, 0.25) is 0 Å². The van der Waals surface area contributed by atoms with Gasteiger partial charge in [-0.1, -0.05) is 64.3 Å². The molecular formula is C24H40O3. The van der Waals surface area contributed by atoms with Gasteiger partial charge >= 0.3 is 5.97 Å². The number of allylic oxidation sites excluding steroid dienone is 3. The molecule has 3 rings (SSSR count). The minimum Gasteiger partial charge on any atom is -0.481 e. The molecule has 3 aliphatic rings. The number of fused-ring (bicyclic) bond motifs is 2. The molecule has 3 heteroatoms. The summed E-state index contributed by atoms with van der Waals surface area (Å²) in [5, 5.41) is 19.0. The number of aliphatic carboxylic acids is 1. The summed E-state index contributed by atoms with van der Waals surface area (Å²) in [7, 11) is 0. The highest BCUT2D eigenvalue weighted by molar-refractivity contribution is 5.66. The molecule has 27 heavy (non-hydrogen) atoms. The van der Waals surface area contributed by atoms with Gasteiger partial charge in [-0.05, 0) is 67.6 Å². The number of aliphatic hydroxyl groups excluding tert-OH is 1. The van der Waals surface area contributed by atoms with Crippen molar-refractivity contribution >= 4 is 5.97 Å². The predicted molar refractivity (Wildman–Crippen MR) is 112 cm³/mol. The van der Waals surface area contributed by atoms with Crippen LogP contribution in [0.1, 0.15) is 85.0 Å². The van der Waals surface area contributed by atoms with E-state index < -0.39 is 5.97 Å². The van der Waals surface area contributed by atoms with Crippen LogP contribution in [0.4, 0.5) is 0 Å². The lowest BCUT2D eigenvalue weighted by Crippen LogP contribution is -2.55. The van der Waals surface area contributed by atoms with Crippen molar-refractivity contribution in [3.05, 3.63) is 24.3 Å². The summed E-state index contributed by atoms with van der Waals surface area (Å²) in [5.74, 6) is 2.11. The number of unbranched alkanes of at least 4 members (excludes halogenated alkanes) is 3. The van der Waals surface area contributed by atoms with Crippen LogP contribution >= 0.6 is 0 Å². The lowest BCUT2D eigenvalue weighted by molar-refractivity contribution is -0.137. The zero-order valence-electron chi connectivity index (χ0n) is 17.6. The first-order valence-corrected chi connectivity index (χ1v) is 11.1. The molecule has 0 amide bonds. The lowest BCUT2D eigenvalue weighted by atomic mass is 9.43. The highest BCUT2D eigenvalue weighted by Crippen LogP contribution is 2.64. The third kappa shape index (κ3) is 6.20. The molecule has 1 unspecified atom stereocenters. The maximum Gasteiger partial charge on any atom is 0.303 e. The molecule has 2 N–H and O–H groups in total. The number of hydrogen-bond acceptors (Lipinski definition) is 2. The zero-order valence-corrected chi connectivity index (χ0v) is 17.6. The largest absolute Gasteiger partial charge is 0.481 e. The molecule has 3 nitrogen and oxygen atoms in total. The average molecular weight is 377 g/mol. The van der Waals surface area contributed by atoms with Crippen LogP contribution in [-0.2, 0) is 4.79 Å². The van der Waals surface area contributed by atoms with Gasteiger partial charge in [-0.3, -0.25) is 4.79 Å². The van der Waals surface area contributed by atoms with Crippen molar-refractivity contribution in [2.24, 2.45) is 29.1 Å². The van der Waals surface area contributed by atoms with Gasteiger partial charge in [-0.2, -0.15) is 0 Å². The quantitative estimate of drug-likeness (QED) is 0.325. The Morgan fingerprint density at radius 1 is 1.19 bits per heavy atom. The maximum atomic E-state index is 10.6. The maximum absolute atomic E-state index is 10.6. The third-order valence-electron chi connectivity index (χ3n) is 7.19. The van der Waals surface area contributed by atoms with Crippen molar-refractivity contribution in [2.75, 3.05) is 0 Å². The Kier molecular flexibility index (Phi) is 8.60. The van der Waals surface area contributed by atoms with E-state index in [9.17, 15) is 9.90 Å². The van der Waals surface area contributed by atoms with E-state index in [0.717, 1.165) is 43.9 Å². The molecule has 2 bridgehead atoms. The molecule has 0 saturated heterocycles. The van der Waals surface area contributed by atoms with E-state index in [1.165, 1.54) is 25.7 Å². The Labute approximate surface area is 165 Å². The molecule has 3 fully saturated rings. The van der Waals surface area contributed by atoms with E-state index in [1.807, 2.05) is 0 Å². The van der Waals surface area contributed by atoms with Crippen LogP contribution in [0.15, 0.2) is 24.3 Å². The normalized spacial score (nSPS) is 30.5. The standard InChI is InChI=1S/C24H40O3/c1-4-5-8-11-20(25)15-14-18-16-19-17-22(24(19,2)3)21(18)12-9-6-7-10-13-23(26)27/h6,9,14-15,18-22,25H,4-5,7-8,10-13,16-17H2,1-3H3,(H,26,27)/t18?,19-,20+,21+,22-/m0/s1. The van der Waals surface area contributed by atoms with Crippen LogP contribution in [0, 0.1) is 29.1 Å². The van der Waals surface area contributed by atoms with E-state index in [0.29, 0.717) is 17.3 Å². The molecule has 3 aliphatic carbocycles. The van der Waals surface area contributed by atoms with E-state index in [-0.39, 0.29) is 12.5 Å². The van der Waals surface area contributed by atoms with Crippen molar-refractivity contribution in [1.29, 1.82) is 0 Å². The summed E-state index contributed by atoms with van der Waals surface area (Å²) in [4.78, 5) is 10.6. The highest BCUT2D eigenvalue weighted by Gasteiger charge is 2.56. The predicted octanol–water partition coefficient (Wildman–Crippen LogP) is 5.98. The fraction of sp³-hybridized carbons (Fsp3) is 0.792. The van der Waals surface area contributed by atoms with Gasteiger partial charge in [-0.25, -0.2) is 0 Å². The second kappa shape index (κ2) is 10.5. The SMILES string of the molecule is CCCCC[C@@H](O)C=CC1C[C@H]2C[C@@H]([C@@H]1CC=CCCCC(=O)O)C2(C)C. The molecule has 0 aromatic carbocycles. The van der Waals surface area contributed by atoms with Gasteiger partial charge in [0.25, 0.3) is 0 Å². The summed E-state index contributed by atoms with van der Waals surface area (Å²) in [6.45, 7) is 7.04. The van der Waals surface area contributed by atoms with Crippen LogP contribution in [-0.4, -0.2) is 22.3 Å². The van der Waals surface area contributed by atoms with Gasteiger partial charge in [0.05, 0.1) is 6.10 Å². The van der Waals surface area contributed by atoms with Crippen LogP contribution in [0.25, 0.3) is 0 Å². The molecule has 154 valence electrons. The molecule has 0 radical (unpaired) electrons. The fourth-order valence-corrected chi connectivity index (χ4v) is 5.26. The highest BCUT2D eigenvalue weighted by atomic mass is 16.4. The number of carboxylic acids is 1. The van der Waals surface area contributed by atoms with Crippen LogP contribution < -0.4 is 0 Å². The van der Waals surface area contributed by atoms with E-state index in [2.05, 4.69) is 45.1 Å². The second-order valence-corrected chi connectivity index (χ2v) is 9.37. The molecular weight excluding hydrogens is 336 g/mol. The second-order valence-electron chi connectivity index (χ2n) is 9.37. The molecule has 0 aliphatic heterocycles. The van der Waals surface area contributed by atoms with Gasteiger partial charge < -0.3 is 10.2 Å². The third-order valence-corrected chi connectivity index (χ3v) is 7.19. The Hall–Kier alpha value is -1.09. The van der Waals surface area contributed by atoms with Crippen molar-refractivity contribution in [3.63, 3.8) is 0 Å². The Balaban J connectivity index is 1.88. The first kappa shape index (κ1) is 22.2. The number of carboxylic acid groups (broad SMARTS) is 1. The summed E-state index contributed by atoms with van der Waals surface area (Å²) < 4.78 is 0. The molecule has 0 spiro atoms. The minimum atomic E-state index is -0.708. The molecule has 5 atom stereocenters. The molecule has 3 saturated carbocycles. The summed E-state index contributed by atoms with van der Waals surface area (Å²) in [5.41, 5.74) is 0.450. The van der Waals surface area contributed by atoms with E-state index in [1.54, 1.807) is 0 Å². The zero-order chi connectivity index (χ0) is 19.9. The molecule has 0 aromatic rings. The van der Waals surface area contributed by atoms with Gasteiger partial charge in [-0.15, -0.1) is 0 Å². The van der Waals surface area contributed by atoms with Gasteiger partial charge in [0.2, 0.25) is 0 Å². The number of aliphatic hydroxyl groups is 1. The number of hydrogen-bond donors (Lipinski definition) is 2.